The number of rotatable bonds is 12. The van der Waals surface area contributed by atoms with E-state index in [2.05, 4.69) is 5.32 Å². The minimum absolute atomic E-state index is 0.0447. The smallest absolute Gasteiger partial charge is 0.243 e. The van der Waals surface area contributed by atoms with Crippen molar-refractivity contribution in [1.82, 2.24) is 10.2 Å². The first-order valence-electron chi connectivity index (χ1n) is 11.9. The molecule has 0 aliphatic heterocycles. The molecule has 0 saturated carbocycles. The second kappa shape index (κ2) is 13.2. The predicted molar refractivity (Wildman–Crippen MR) is 137 cm³/mol. The molecule has 0 aliphatic carbocycles. The molecule has 0 aromatic heterocycles. The van der Waals surface area contributed by atoms with Gasteiger partial charge in [0.05, 0.1) is 14.2 Å². The van der Waals surface area contributed by atoms with Crippen LogP contribution in [-0.2, 0) is 29.1 Å². The summed E-state index contributed by atoms with van der Waals surface area (Å²) in [6.45, 7) is 2.62. The monoisotopic (exact) mass is 474 g/mol. The predicted octanol–water partition coefficient (Wildman–Crippen LogP) is 4.76. The first-order valence-corrected chi connectivity index (χ1v) is 11.9. The highest BCUT2D eigenvalue weighted by molar-refractivity contribution is 5.88. The Morgan fingerprint density at radius 3 is 2.20 bits per heavy atom. The second-order valence-electron chi connectivity index (χ2n) is 8.35. The molecule has 2 amide bonds. The van der Waals surface area contributed by atoms with Crippen LogP contribution in [0.5, 0.6) is 11.5 Å². The lowest BCUT2D eigenvalue weighted by atomic mass is 10.0. The average Bonchev–Trinajstić information content (AvgIpc) is 2.90. The number of carbonyl (C=O) groups excluding carboxylic acids is 2. The summed E-state index contributed by atoms with van der Waals surface area (Å²) in [7, 11) is 3.23. The van der Waals surface area contributed by atoms with Gasteiger partial charge in [-0.1, -0.05) is 67.6 Å². The van der Waals surface area contributed by atoms with Crippen molar-refractivity contribution in [2.75, 3.05) is 14.2 Å². The van der Waals surface area contributed by atoms with Crippen LogP contribution < -0.4 is 14.8 Å². The minimum atomic E-state index is -0.659. The molecular formula is C29H34N2O4. The Bertz CT molecular complexity index is 1080. The van der Waals surface area contributed by atoms with Gasteiger partial charge in [-0.3, -0.25) is 9.59 Å². The van der Waals surface area contributed by atoms with Gasteiger partial charge in [0.25, 0.3) is 0 Å². The first-order chi connectivity index (χ1) is 17.0. The molecule has 3 aromatic carbocycles. The van der Waals surface area contributed by atoms with Crippen LogP contribution in [0, 0.1) is 0 Å². The third-order valence-electron chi connectivity index (χ3n) is 5.89. The number of para-hydroxylation sites is 1. The molecule has 1 unspecified atom stereocenters. The van der Waals surface area contributed by atoms with E-state index in [0.717, 1.165) is 22.4 Å². The van der Waals surface area contributed by atoms with E-state index in [1.54, 1.807) is 19.1 Å². The van der Waals surface area contributed by atoms with Gasteiger partial charge in [0.1, 0.15) is 17.5 Å². The van der Waals surface area contributed by atoms with E-state index in [1.807, 2.05) is 85.8 Å². The quantitative estimate of drug-likeness (QED) is 0.411. The van der Waals surface area contributed by atoms with Gasteiger partial charge in [-0.15, -0.1) is 0 Å². The number of nitrogens with one attached hydrogen (secondary N) is 1. The van der Waals surface area contributed by atoms with Crippen molar-refractivity contribution in [2.24, 2.45) is 0 Å². The van der Waals surface area contributed by atoms with E-state index in [9.17, 15) is 9.59 Å². The molecule has 35 heavy (non-hydrogen) atoms. The van der Waals surface area contributed by atoms with Crippen molar-refractivity contribution in [1.29, 1.82) is 0 Å². The van der Waals surface area contributed by atoms with Crippen LogP contribution in [0.2, 0.25) is 0 Å². The van der Waals surface area contributed by atoms with Crippen molar-refractivity contribution in [3.63, 3.8) is 0 Å². The van der Waals surface area contributed by atoms with Gasteiger partial charge in [0, 0.05) is 31.5 Å². The number of ether oxygens (including phenoxy) is 2. The van der Waals surface area contributed by atoms with E-state index >= 15 is 0 Å². The fraction of sp³-hybridized carbons (Fsp3) is 0.310. The van der Waals surface area contributed by atoms with Gasteiger partial charge in [-0.25, -0.2) is 0 Å². The van der Waals surface area contributed by atoms with Crippen molar-refractivity contribution in [3.05, 3.63) is 95.6 Å². The van der Waals surface area contributed by atoms with E-state index in [1.165, 1.54) is 0 Å². The molecule has 6 heteroatoms. The highest BCUT2D eigenvalue weighted by Gasteiger charge is 2.30. The zero-order valence-electron chi connectivity index (χ0n) is 20.7. The highest BCUT2D eigenvalue weighted by Crippen LogP contribution is 2.20. The summed E-state index contributed by atoms with van der Waals surface area (Å²) in [5.74, 6) is 1.22. The molecule has 0 saturated heterocycles. The highest BCUT2D eigenvalue weighted by atomic mass is 16.5. The Kier molecular flexibility index (Phi) is 9.72. The maximum atomic E-state index is 13.6. The van der Waals surface area contributed by atoms with Crippen LogP contribution in [0.15, 0.2) is 78.9 Å². The first kappa shape index (κ1) is 25.8. The molecule has 184 valence electrons. The second-order valence-corrected chi connectivity index (χ2v) is 8.35. The summed E-state index contributed by atoms with van der Waals surface area (Å²) < 4.78 is 10.7. The fourth-order valence-electron chi connectivity index (χ4n) is 3.99. The Balaban J connectivity index is 1.89. The molecule has 0 radical (unpaired) electrons. The summed E-state index contributed by atoms with van der Waals surface area (Å²) in [4.78, 5) is 28.6. The van der Waals surface area contributed by atoms with Gasteiger partial charge >= 0.3 is 0 Å². The molecule has 6 nitrogen and oxygen atoms in total. The number of nitrogens with zero attached hydrogens (tertiary/aromatic N) is 1. The minimum Gasteiger partial charge on any atom is -0.497 e. The lowest BCUT2D eigenvalue weighted by Crippen LogP contribution is -2.50. The third-order valence-corrected chi connectivity index (χ3v) is 5.89. The number of methoxy groups -OCH3 is 2. The van der Waals surface area contributed by atoms with Crippen LogP contribution >= 0.6 is 0 Å². The molecule has 0 bridgehead atoms. The maximum Gasteiger partial charge on any atom is 0.243 e. The molecule has 0 fully saturated rings. The number of hydrogen-bond acceptors (Lipinski definition) is 4. The number of hydrogen-bond donors (Lipinski definition) is 1. The van der Waals surface area contributed by atoms with Crippen LogP contribution in [0.25, 0.3) is 0 Å². The zero-order valence-corrected chi connectivity index (χ0v) is 20.7. The molecule has 0 spiro atoms. The normalized spacial score (nSPS) is 11.4. The molecular weight excluding hydrogens is 440 g/mol. The third kappa shape index (κ3) is 7.34. The van der Waals surface area contributed by atoms with Crippen molar-refractivity contribution in [2.45, 2.75) is 45.3 Å². The lowest BCUT2D eigenvalue weighted by Gasteiger charge is -2.31. The molecule has 1 atom stereocenters. The van der Waals surface area contributed by atoms with E-state index in [4.69, 9.17) is 9.47 Å². The van der Waals surface area contributed by atoms with E-state index < -0.39 is 6.04 Å². The summed E-state index contributed by atoms with van der Waals surface area (Å²) >= 11 is 0. The van der Waals surface area contributed by atoms with Gasteiger partial charge in [-0.2, -0.15) is 0 Å². The van der Waals surface area contributed by atoms with E-state index in [0.29, 0.717) is 38.1 Å². The molecule has 0 heterocycles. The maximum absolute atomic E-state index is 13.6. The van der Waals surface area contributed by atoms with Gasteiger partial charge in [-0.05, 0) is 35.7 Å². The van der Waals surface area contributed by atoms with Crippen molar-refractivity contribution < 1.29 is 19.1 Å². The summed E-state index contributed by atoms with van der Waals surface area (Å²) in [5.41, 5.74) is 2.81. The summed E-state index contributed by atoms with van der Waals surface area (Å²) in [6.07, 6.45) is 1.50. The van der Waals surface area contributed by atoms with Crippen molar-refractivity contribution in [3.8, 4) is 11.5 Å². The van der Waals surface area contributed by atoms with E-state index in [-0.39, 0.29) is 11.8 Å². The Morgan fingerprint density at radius 1 is 0.857 bits per heavy atom. The van der Waals surface area contributed by atoms with Crippen LogP contribution in [0.3, 0.4) is 0 Å². The number of benzene rings is 3. The van der Waals surface area contributed by atoms with Gasteiger partial charge < -0.3 is 19.7 Å². The van der Waals surface area contributed by atoms with Gasteiger partial charge in [0.15, 0.2) is 0 Å². The summed E-state index contributed by atoms with van der Waals surface area (Å²) in [6, 6.07) is 24.3. The average molecular weight is 475 g/mol. The standard InChI is InChI=1S/C29H34N2O4/c1-4-10-28(32)31(21-23-15-17-25(34-2)18-16-23)26(19-22-11-6-5-7-12-22)29(33)30-20-24-13-8-9-14-27(24)35-3/h5-9,11-18,26H,4,10,19-21H2,1-3H3,(H,30,33). The molecule has 1 N–H and O–H groups in total. The Hall–Kier alpha value is -3.80. The lowest BCUT2D eigenvalue weighted by molar-refractivity contribution is -0.141. The van der Waals surface area contributed by atoms with Crippen molar-refractivity contribution >= 4 is 11.8 Å². The number of carbonyl (C=O) groups is 2. The Labute approximate surface area is 207 Å². The topological polar surface area (TPSA) is 67.9 Å². The largest absolute Gasteiger partial charge is 0.497 e. The fourth-order valence-corrected chi connectivity index (χ4v) is 3.99. The van der Waals surface area contributed by atoms with Gasteiger partial charge in [0.2, 0.25) is 11.8 Å². The molecule has 3 aromatic rings. The van der Waals surface area contributed by atoms with Crippen LogP contribution in [0.4, 0.5) is 0 Å². The molecule has 3 rings (SSSR count). The zero-order chi connectivity index (χ0) is 25.0. The number of amides is 2. The van der Waals surface area contributed by atoms with Crippen LogP contribution in [0.1, 0.15) is 36.5 Å². The Morgan fingerprint density at radius 2 is 1.54 bits per heavy atom. The molecule has 0 aliphatic rings. The summed E-state index contributed by atoms with van der Waals surface area (Å²) in [5, 5.41) is 3.04. The van der Waals surface area contributed by atoms with Crippen LogP contribution in [-0.4, -0.2) is 37.0 Å². The SMILES string of the molecule is CCCC(=O)N(Cc1ccc(OC)cc1)C(Cc1ccccc1)C(=O)NCc1ccccc1OC.